The van der Waals surface area contributed by atoms with E-state index < -0.39 is 5.97 Å². The molecule has 6 nitrogen and oxygen atoms in total. The molecule has 1 aliphatic rings. The number of carbonyl (C=O) groups is 3. The van der Waals surface area contributed by atoms with Crippen LogP contribution in [0.15, 0.2) is 12.1 Å². The fourth-order valence-corrected chi connectivity index (χ4v) is 5.27. The number of amides is 2. The number of hydrogen-bond donors (Lipinski definition) is 1. The van der Waals surface area contributed by atoms with Gasteiger partial charge in [0.05, 0.1) is 25.1 Å². The standard InChI is InChI=1S/C23H28N2O4S/c1-6-29-23(28)21-17-7-8-25(16(5)26)12-19(17)30-22(21)24-20(27)11-18-14(3)9-13(2)10-15(18)4/h9-10H,6-8,11-12H2,1-5H3,(H,24,27). The minimum absolute atomic E-state index is 0.00245. The third-order valence-corrected chi connectivity index (χ3v) is 6.54. The van der Waals surface area contributed by atoms with Crippen molar-refractivity contribution in [3.05, 3.63) is 50.4 Å². The SMILES string of the molecule is CCOC(=O)c1c(NC(=O)Cc2c(C)cc(C)cc2C)sc2c1CCN(C(C)=O)C2. The van der Waals surface area contributed by atoms with E-state index in [1.54, 1.807) is 18.7 Å². The summed E-state index contributed by atoms with van der Waals surface area (Å²) in [5.41, 5.74) is 5.64. The van der Waals surface area contributed by atoms with E-state index in [-0.39, 0.29) is 24.8 Å². The maximum atomic E-state index is 12.9. The van der Waals surface area contributed by atoms with Crippen LogP contribution in [0.3, 0.4) is 0 Å². The molecule has 30 heavy (non-hydrogen) atoms. The van der Waals surface area contributed by atoms with Gasteiger partial charge in [-0.2, -0.15) is 0 Å². The van der Waals surface area contributed by atoms with E-state index in [1.807, 2.05) is 20.8 Å². The summed E-state index contributed by atoms with van der Waals surface area (Å²) in [5, 5.41) is 3.45. The summed E-state index contributed by atoms with van der Waals surface area (Å²) in [5.74, 6) is -0.593. The van der Waals surface area contributed by atoms with Gasteiger partial charge in [0.15, 0.2) is 0 Å². The van der Waals surface area contributed by atoms with Gasteiger partial charge in [0.25, 0.3) is 0 Å². The fourth-order valence-electron chi connectivity index (χ4n) is 4.00. The minimum atomic E-state index is -0.427. The molecular weight excluding hydrogens is 400 g/mol. The number of benzene rings is 1. The van der Waals surface area contributed by atoms with Crippen molar-refractivity contribution in [2.75, 3.05) is 18.5 Å². The monoisotopic (exact) mass is 428 g/mol. The topological polar surface area (TPSA) is 75.7 Å². The first kappa shape index (κ1) is 22.0. The van der Waals surface area contributed by atoms with E-state index in [0.29, 0.717) is 30.1 Å². The van der Waals surface area contributed by atoms with Gasteiger partial charge in [0, 0.05) is 18.3 Å². The predicted molar refractivity (Wildman–Crippen MR) is 118 cm³/mol. The van der Waals surface area contributed by atoms with Crippen LogP contribution in [-0.4, -0.2) is 35.8 Å². The Morgan fingerprint density at radius 1 is 1.17 bits per heavy atom. The van der Waals surface area contributed by atoms with Gasteiger partial charge < -0.3 is 15.0 Å². The first-order valence-corrected chi connectivity index (χ1v) is 11.0. The second-order valence-corrected chi connectivity index (χ2v) is 8.83. The van der Waals surface area contributed by atoms with Crippen LogP contribution in [0, 0.1) is 20.8 Å². The lowest BCUT2D eigenvalue weighted by atomic mass is 9.97. The first-order chi connectivity index (χ1) is 14.2. The van der Waals surface area contributed by atoms with E-state index >= 15 is 0 Å². The maximum absolute atomic E-state index is 12.9. The summed E-state index contributed by atoms with van der Waals surface area (Å²) >= 11 is 1.36. The molecule has 0 fully saturated rings. The molecule has 2 amide bonds. The Labute approximate surface area is 181 Å². The van der Waals surface area contributed by atoms with E-state index in [0.717, 1.165) is 27.1 Å². The zero-order valence-electron chi connectivity index (χ0n) is 18.2. The van der Waals surface area contributed by atoms with Crippen LogP contribution < -0.4 is 5.32 Å². The van der Waals surface area contributed by atoms with Crippen molar-refractivity contribution in [2.45, 2.75) is 54.0 Å². The minimum Gasteiger partial charge on any atom is -0.462 e. The zero-order valence-corrected chi connectivity index (χ0v) is 19.0. The molecule has 0 saturated carbocycles. The number of esters is 1. The lowest BCUT2D eigenvalue weighted by Gasteiger charge is -2.25. The van der Waals surface area contributed by atoms with Gasteiger partial charge in [-0.15, -0.1) is 11.3 Å². The Bertz CT molecular complexity index is 986. The molecule has 1 aromatic carbocycles. The predicted octanol–water partition coefficient (Wildman–Crippen LogP) is 3.94. The number of nitrogens with zero attached hydrogens (tertiary/aromatic N) is 1. The number of anilines is 1. The highest BCUT2D eigenvalue weighted by atomic mass is 32.1. The number of ether oxygens (including phenoxy) is 1. The van der Waals surface area contributed by atoms with Crippen molar-refractivity contribution < 1.29 is 19.1 Å². The Hall–Kier alpha value is -2.67. The molecule has 0 unspecified atom stereocenters. The maximum Gasteiger partial charge on any atom is 0.341 e. The lowest BCUT2D eigenvalue weighted by Crippen LogP contribution is -2.34. The van der Waals surface area contributed by atoms with Crippen molar-refractivity contribution in [3.8, 4) is 0 Å². The second-order valence-electron chi connectivity index (χ2n) is 7.72. The normalized spacial score (nSPS) is 13.0. The molecular formula is C23H28N2O4S. The summed E-state index contributed by atoms with van der Waals surface area (Å²) in [6.07, 6.45) is 0.813. The van der Waals surface area contributed by atoms with Crippen LogP contribution in [0.2, 0.25) is 0 Å². The van der Waals surface area contributed by atoms with Gasteiger partial charge in [-0.1, -0.05) is 17.7 Å². The molecule has 160 valence electrons. The molecule has 0 radical (unpaired) electrons. The average Bonchev–Trinajstić information content (AvgIpc) is 3.01. The second kappa shape index (κ2) is 9.00. The summed E-state index contributed by atoms with van der Waals surface area (Å²) in [7, 11) is 0. The Morgan fingerprint density at radius 2 is 1.83 bits per heavy atom. The Balaban J connectivity index is 1.89. The molecule has 0 spiro atoms. The number of aryl methyl sites for hydroxylation is 3. The smallest absolute Gasteiger partial charge is 0.341 e. The van der Waals surface area contributed by atoms with Gasteiger partial charge >= 0.3 is 5.97 Å². The molecule has 0 aliphatic carbocycles. The molecule has 1 aromatic heterocycles. The molecule has 7 heteroatoms. The van der Waals surface area contributed by atoms with Crippen molar-refractivity contribution in [3.63, 3.8) is 0 Å². The quantitative estimate of drug-likeness (QED) is 0.732. The van der Waals surface area contributed by atoms with E-state index in [9.17, 15) is 14.4 Å². The van der Waals surface area contributed by atoms with Gasteiger partial charge in [0.2, 0.25) is 11.8 Å². The van der Waals surface area contributed by atoms with Crippen LogP contribution in [0.25, 0.3) is 0 Å². The molecule has 1 N–H and O–H groups in total. The van der Waals surface area contributed by atoms with Crippen LogP contribution in [0.1, 0.15) is 56.9 Å². The highest BCUT2D eigenvalue weighted by Gasteiger charge is 2.30. The van der Waals surface area contributed by atoms with E-state index in [4.69, 9.17) is 4.74 Å². The van der Waals surface area contributed by atoms with Crippen LogP contribution >= 0.6 is 11.3 Å². The zero-order chi connectivity index (χ0) is 22.0. The van der Waals surface area contributed by atoms with Crippen molar-refractivity contribution in [1.29, 1.82) is 0 Å². The third kappa shape index (κ3) is 4.56. The molecule has 2 aromatic rings. The summed E-state index contributed by atoms with van der Waals surface area (Å²) in [6.45, 7) is 10.6. The van der Waals surface area contributed by atoms with E-state index in [1.165, 1.54) is 16.9 Å². The van der Waals surface area contributed by atoms with Gasteiger partial charge in [-0.25, -0.2) is 4.79 Å². The van der Waals surface area contributed by atoms with E-state index in [2.05, 4.69) is 17.4 Å². The molecule has 0 atom stereocenters. The van der Waals surface area contributed by atoms with Crippen LogP contribution in [0.5, 0.6) is 0 Å². The fraction of sp³-hybridized carbons (Fsp3) is 0.435. The molecule has 1 aliphatic heterocycles. The molecule has 3 rings (SSSR count). The Kier molecular flexibility index (Phi) is 6.61. The number of thiophene rings is 1. The van der Waals surface area contributed by atoms with Crippen LogP contribution in [-0.2, 0) is 33.7 Å². The van der Waals surface area contributed by atoms with Gasteiger partial charge in [-0.05, 0) is 56.4 Å². The lowest BCUT2D eigenvalue weighted by molar-refractivity contribution is -0.129. The summed E-state index contributed by atoms with van der Waals surface area (Å²) < 4.78 is 5.25. The summed E-state index contributed by atoms with van der Waals surface area (Å²) in [6, 6.07) is 4.14. The van der Waals surface area contributed by atoms with Crippen LogP contribution in [0.4, 0.5) is 5.00 Å². The highest BCUT2D eigenvalue weighted by Crippen LogP contribution is 2.38. The number of fused-ring (bicyclic) bond motifs is 1. The van der Waals surface area contributed by atoms with Gasteiger partial charge in [-0.3, -0.25) is 9.59 Å². The Morgan fingerprint density at radius 3 is 2.43 bits per heavy atom. The summed E-state index contributed by atoms with van der Waals surface area (Å²) in [4.78, 5) is 40.0. The van der Waals surface area contributed by atoms with Crippen molar-refractivity contribution in [2.24, 2.45) is 0 Å². The number of nitrogens with one attached hydrogen (secondary N) is 1. The molecule has 2 heterocycles. The third-order valence-electron chi connectivity index (χ3n) is 5.41. The molecule has 0 saturated heterocycles. The number of hydrogen-bond acceptors (Lipinski definition) is 5. The molecule has 0 bridgehead atoms. The number of rotatable bonds is 5. The van der Waals surface area contributed by atoms with Gasteiger partial charge in [0.1, 0.15) is 5.00 Å². The highest BCUT2D eigenvalue weighted by molar-refractivity contribution is 7.17. The first-order valence-electron chi connectivity index (χ1n) is 10.1. The number of carbonyl (C=O) groups excluding carboxylic acids is 3. The van der Waals surface area contributed by atoms with Crippen molar-refractivity contribution in [1.82, 2.24) is 4.90 Å². The largest absolute Gasteiger partial charge is 0.462 e. The van der Waals surface area contributed by atoms with Crippen molar-refractivity contribution >= 4 is 34.1 Å². The average molecular weight is 429 g/mol.